The van der Waals surface area contributed by atoms with E-state index in [0.29, 0.717) is 5.92 Å². The van der Waals surface area contributed by atoms with Gasteiger partial charge in [0.15, 0.2) is 0 Å². The van der Waals surface area contributed by atoms with Crippen molar-refractivity contribution in [1.29, 1.82) is 0 Å². The molecule has 0 heterocycles. The van der Waals surface area contributed by atoms with Crippen molar-refractivity contribution in [3.05, 3.63) is 70.8 Å². The molecule has 0 N–H and O–H groups in total. The van der Waals surface area contributed by atoms with Crippen LogP contribution in [-0.2, 0) is 6.42 Å². The molecule has 1 aliphatic rings. The predicted molar refractivity (Wildman–Crippen MR) is 87.9 cm³/mol. The van der Waals surface area contributed by atoms with E-state index in [4.69, 9.17) is 0 Å². The van der Waals surface area contributed by atoms with Crippen LogP contribution >= 0.6 is 0 Å². The van der Waals surface area contributed by atoms with Gasteiger partial charge in [-0.15, -0.1) is 0 Å². The van der Waals surface area contributed by atoms with Gasteiger partial charge in [-0.1, -0.05) is 67.4 Å². The van der Waals surface area contributed by atoms with Crippen molar-refractivity contribution in [2.75, 3.05) is 0 Å². The summed E-state index contributed by atoms with van der Waals surface area (Å²) in [5, 5.41) is 0.224. The van der Waals surface area contributed by atoms with Gasteiger partial charge in [-0.2, -0.15) is 0 Å². The summed E-state index contributed by atoms with van der Waals surface area (Å²) in [5.41, 5.74) is 5.12. The summed E-state index contributed by atoms with van der Waals surface area (Å²) in [6, 6.07) is 17.2. The molecule has 3 rings (SSSR count). The van der Waals surface area contributed by atoms with Crippen LogP contribution in [0, 0.1) is 11.8 Å². The Balaban J connectivity index is 2.23. The van der Waals surface area contributed by atoms with E-state index in [9.17, 15) is 0 Å². The highest BCUT2D eigenvalue weighted by Crippen LogP contribution is 2.43. The first kappa shape index (κ1) is 13.1. The van der Waals surface area contributed by atoms with Crippen molar-refractivity contribution in [1.82, 2.24) is 0 Å². The monoisotopic (exact) mass is 258 g/mol. The molecule has 0 fully saturated rings. The molecule has 0 amide bonds. The largest absolute Gasteiger partial charge is 0.109 e. The second kappa shape index (κ2) is 4.87. The summed E-state index contributed by atoms with van der Waals surface area (Å²) in [7, 11) is 2.33. The van der Waals surface area contributed by atoms with Crippen LogP contribution in [0.2, 0.25) is 5.31 Å². The average Bonchev–Trinajstić information content (AvgIpc) is 2.40. The molecule has 0 spiro atoms. The number of fused-ring (bicyclic) bond motifs is 2. The van der Waals surface area contributed by atoms with Gasteiger partial charge in [0.2, 0.25) is 0 Å². The van der Waals surface area contributed by atoms with E-state index < -0.39 is 0 Å². The van der Waals surface area contributed by atoms with Crippen molar-refractivity contribution in [2.24, 2.45) is 0 Å². The van der Waals surface area contributed by atoms with Gasteiger partial charge in [-0.3, -0.25) is 0 Å². The number of hydrogen-bond acceptors (Lipinski definition) is 0. The molecule has 0 saturated heterocycles. The minimum Gasteiger partial charge on any atom is -0.0666 e. The zero-order chi connectivity index (χ0) is 14.2. The van der Waals surface area contributed by atoms with Crippen LogP contribution in [0.15, 0.2) is 48.5 Å². The normalized spacial score (nSPS) is 17.0. The molecular weight excluding hydrogens is 239 g/mol. The second-order valence-electron chi connectivity index (χ2n) is 6.62. The Labute approximate surface area is 122 Å². The van der Waals surface area contributed by atoms with Gasteiger partial charge in [0.25, 0.3) is 0 Å². The van der Waals surface area contributed by atoms with Gasteiger partial charge < -0.3 is 0 Å². The van der Waals surface area contributed by atoms with E-state index in [-0.39, 0.29) is 5.31 Å². The van der Waals surface area contributed by atoms with E-state index in [1.54, 1.807) is 0 Å². The lowest BCUT2D eigenvalue weighted by Gasteiger charge is -2.33. The Hall–Kier alpha value is -1.94. The lowest BCUT2D eigenvalue weighted by Crippen LogP contribution is -2.20. The number of benzene rings is 2. The van der Waals surface area contributed by atoms with Gasteiger partial charge >= 0.3 is 0 Å². The van der Waals surface area contributed by atoms with Gasteiger partial charge in [-0.05, 0) is 35.6 Å². The van der Waals surface area contributed by atoms with Crippen LogP contribution in [0.3, 0.4) is 0 Å². The second-order valence-corrected chi connectivity index (χ2v) is 6.62. The van der Waals surface area contributed by atoms with E-state index in [1.807, 2.05) is 0 Å². The zero-order valence-corrected chi connectivity index (χ0v) is 12.4. The Kier molecular flexibility index (Phi) is 3.18. The SMILES string of the molecule is BC(C)(C)C1Cc2ccccc2C#Cc2ccccc21. The van der Waals surface area contributed by atoms with Crippen molar-refractivity contribution in [3.63, 3.8) is 0 Å². The van der Waals surface area contributed by atoms with Gasteiger partial charge in [0.1, 0.15) is 7.85 Å². The van der Waals surface area contributed by atoms with Crippen LogP contribution in [0.4, 0.5) is 0 Å². The first-order valence-electron chi connectivity index (χ1n) is 7.24. The molecule has 0 radical (unpaired) electrons. The van der Waals surface area contributed by atoms with Crippen LogP contribution in [0.25, 0.3) is 0 Å². The summed E-state index contributed by atoms with van der Waals surface area (Å²) in [6.07, 6.45) is 1.06. The minimum atomic E-state index is 0.224. The molecule has 20 heavy (non-hydrogen) atoms. The van der Waals surface area contributed by atoms with E-state index >= 15 is 0 Å². The van der Waals surface area contributed by atoms with Crippen LogP contribution < -0.4 is 0 Å². The minimum absolute atomic E-state index is 0.224. The molecule has 1 atom stereocenters. The Morgan fingerprint density at radius 3 is 2.30 bits per heavy atom. The molecular formula is C19H19B. The Bertz CT molecular complexity index is 695. The highest BCUT2D eigenvalue weighted by molar-refractivity contribution is 6.15. The Morgan fingerprint density at radius 2 is 1.55 bits per heavy atom. The molecule has 1 heteroatoms. The molecule has 98 valence electrons. The molecule has 0 bridgehead atoms. The maximum atomic E-state index is 3.37. The third kappa shape index (κ3) is 2.39. The molecule has 0 saturated carbocycles. The topological polar surface area (TPSA) is 0 Å². The van der Waals surface area contributed by atoms with E-state index in [0.717, 1.165) is 6.42 Å². The summed E-state index contributed by atoms with van der Waals surface area (Å²) in [5.74, 6) is 7.21. The quantitative estimate of drug-likeness (QED) is 0.542. The number of hydrogen-bond donors (Lipinski definition) is 0. The fourth-order valence-electron chi connectivity index (χ4n) is 2.97. The zero-order valence-electron chi connectivity index (χ0n) is 12.4. The smallest absolute Gasteiger partial charge is 0.0666 e. The average molecular weight is 258 g/mol. The van der Waals surface area contributed by atoms with Gasteiger partial charge in [0, 0.05) is 11.1 Å². The third-order valence-corrected chi connectivity index (χ3v) is 4.15. The molecule has 2 aromatic carbocycles. The summed E-state index contributed by atoms with van der Waals surface area (Å²) in [6.45, 7) is 4.65. The third-order valence-electron chi connectivity index (χ3n) is 4.15. The van der Waals surface area contributed by atoms with Crippen LogP contribution in [-0.4, -0.2) is 7.85 Å². The number of rotatable bonds is 1. The highest BCUT2D eigenvalue weighted by atomic mass is 14.3. The summed E-state index contributed by atoms with van der Waals surface area (Å²) in [4.78, 5) is 0. The van der Waals surface area contributed by atoms with Crippen LogP contribution in [0.5, 0.6) is 0 Å². The van der Waals surface area contributed by atoms with E-state index in [2.05, 4.69) is 82.1 Å². The lowest BCUT2D eigenvalue weighted by atomic mass is 9.59. The van der Waals surface area contributed by atoms with Gasteiger partial charge in [0.05, 0.1) is 0 Å². The maximum absolute atomic E-state index is 3.37. The highest BCUT2D eigenvalue weighted by Gasteiger charge is 2.29. The maximum Gasteiger partial charge on any atom is 0.109 e. The molecule has 0 aliphatic heterocycles. The summed E-state index contributed by atoms with van der Waals surface area (Å²) >= 11 is 0. The molecule has 0 aromatic heterocycles. The fraction of sp³-hybridized carbons (Fsp3) is 0.263. The first-order chi connectivity index (χ1) is 9.55. The Morgan fingerprint density at radius 1 is 0.950 bits per heavy atom. The molecule has 2 aromatic rings. The molecule has 0 nitrogen and oxygen atoms in total. The van der Waals surface area contributed by atoms with Gasteiger partial charge in [-0.25, -0.2) is 0 Å². The molecule has 1 aliphatic carbocycles. The predicted octanol–water partition coefficient (Wildman–Crippen LogP) is 3.56. The fourth-order valence-corrected chi connectivity index (χ4v) is 2.97. The van der Waals surface area contributed by atoms with E-state index in [1.165, 1.54) is 22.3 Å². The summed E-state index contributed by atoms with van der Waals surface area (Å²) < 4.78 is 0. The van der Waals surface area contributed by atoms with Crippen molar-refractivity contribution >= 4 is 7.85 Å². The van der Waals surface area contributed by atoms with Crippen LogP contribution in [0.1, 0.15) is 42.0 Å². The van der Waals surface area contributed by atoms with Crippen molar-refractivity contribution in [2.45, 2.75) is 31.5 Å². The first-order valence-corrected chi connectivity index (χ1v) is 7.24. The molecule has 1 unspecified atom stereocenters. The van der Waals surface area contributed by atoms with Crippen molar-refractivity contribution < 1.29 is 0 Å². The lowest BCUT2D eigenvalue weighted by molar-refractivity contribution is 0.516. The standard InChI is InChI=1S/C19H19B/c1-19(2,20)18-13-16-9-4-3-7-14(16)11-12-15-8-5-6-10-17(15)18/h3-10,18H,13,20H2,1-2H3. The van der Waals surface area contributed by atoms with Crippen molar-refractivity contribution in [3.8, 4) is 11.8 Å².